The number of halogens is 3. The number of aromatic hydroxyl groups is 1. The molecule has 0 spiro atoms. The van der Waals surface area contributed by atoms with Gasteiger partial charge in [0, 0.05) is 18.9 Å². The van der Waals surface area contributed by atoms with E-state index in [1.807, 2.05) is 0 Å². The number of aliphatic hydroxyl groups is 1. The van der Waals surface area contributed by atoms with Crippen molar-refractivity contribution in [1.29, 1.82) is 0 Å². The van der Waals surface area contributed by atoms with Gasteiger partial charge >= 0.3 is 6.18 Å². The predicted octanol–water partition coefficient (Wildman–Crippen LogP) is 2.24. The number of hydrogen-bond donors (Lipinski definition) is 2. The first-order valence-electron chi connectivity index (χ1n) is 6.05. The summed E-state index contributed by atoms with van der Waals surface area (Å²) in [5.41, 5.74) is -2.13. The lowest BCUT2D eigenvalue weighted by atomic mass is 9.78. The summed E-state index contributed by atoms with van der Waals surface area (Å²) in [6.07, 6.45) is -3.83. The highest BCUT2D eigenvalue weighted by molar-refractivity contribution is 5.80. The Labute approximate surface area is 111 Å². The second-order valence-electron chi connectivity index (χ2n) is 5.44. The van der Waals surface area contributed by atoms with Crippen LogP contribution in [0.4, 0.5) is 13.2 Å². The Morgan fingerprint density at radius 1 is 1.30 bits per heavy atom. The monoisotopic (exact) mass is 287 g/mol. The molecule has 0 bridgehead atoms. The van der Waals surface area contributed by atoms with Crippen molar-refractivity contribution in [3.63, 3.8) is 0 Å². The van der Waals surface area contributed by atoms with E-state index in [2.05, 4.69) is 10.2 Å². The molecule has 1 aliphatic rings. The highest BCUT2D eigenvalue weighted by Gasteiger charge is 2.41. The number of nitrogens with zero attached hydrogens (tertiary/aromatic N) is 3. The number of phenols is 1. The zero-order chi connectivity index (χ0) is 14.7. The van der Waals surface area contributed by atoms with E-state index < -0.39 is 23.1 Å². The first kappa shape index (κ1) is 13.2. The van der Waals surface area contributed by atoms with Crippen molar-refractivity contribution in [2.75, 3.05) is 0 Å². The molecule has 0 radical (unpaired) electrons. The van der Waals surface area contributed by atoms with E-state index in [9.17, 15) is 23.4 Å². The van der Waals surface area contributed by atoms with Gasteiger partial charge in [-0.1, -0.05) is 0 Å². The van der Waals surface area contributed by atoms with Crippen LogP contribution in [0.2, 0.25) is 0 Å². The summed E-state index contributed by atoms with van der Waals surface area (Å²) in [5, 5.41) is 26.9. The Morgan fingerprint density at radius 3 is 2.50 bits per heavy atom. The SMILES string of the molecule is CC1(O)CC(n2nc3cc(O)cc(C(F)(F)F)c3n2)C1. The summed E-state index contributed by atoms with van der Waals surface area (Å²) in [7, 11) is 0. The van der Waals surface area contributed by atoms with Gasteiger partial charge in [-0.05, 0) is 13.0 Å². The van der Waals surface area contributed by atoms with Gasteiger partial charge in [-0.2, -0.15) is 28.2 Å². The molecule has 1 fully saturated rings. The maximum Gasteiger partial charge on any atom is 0.418 e. The Hall–Kier alpha value is -1.83. The van der Waals surface area contributed by atoms with Crippen LogP contribution in [-0.4, -0.2) is 30.8 Å². The fourth-order valence-corrected chi connectivity index (χ4v) is 2.52. The van der Waals surface area contributed by atoms with E-state index in [1.54, 1.807) is 6.92 Å². The molecule has 1 aromatic carbocycles. The summed E-state index contributed by atoms with van der Waals surface area (Å²) in [6, 6.07) is 1.56. The van der Waals surface area contributed by atoms with Gasteiger partial charge in [-0.15, -0.1) is 0 Å². The minimum Gasteiger partial charge on any atom is -0.508 e. The molecular weight excluding hydrogens is 275 g/mol. The van der Waals surface area contributed by atoms with Crippen LogP contribution < -0.4 is 0 Å². The predicted molar refractivity (Wildman–Crippen MR) is 63.1 cm³/mol. The van der Waals surface area contributed by atoms with Crippen LogP contribution in [0, 0.1) is 0 Å². The van der Waals surface area contributed by atoms with Gasteiger partial charge in [0.05, 0.1) is 17.2 Å². The molecule has 1 aromatic heterocycles. The molecule has 5 nitrogen and oxygen atoms in total. The van der Waals surface area contributed by atoms with Crippen LogP contribution in [-0.2, 0) is 6.18 Å². The smallest absolute Gasteiger partial charge is 0.418 e. The summed E-state index contributed by atoms with van der Waals surface area (Å²) in [6.45, 7) is 1.65. The third-order valence-corrected chi connectivity index (χ3v) is 3.47. The van der Waals surface area contributed by atoms with Gasteiger partial charge < -0.3 is 10.2 Å². The third kappa shape index (κ3) is 2.09. The van der Waals surface area contributed by atoms with Gasteiger partial charge in [0.25, 0.3) is 0 Å². The van der Waals surface area contributed by atoms with Crippen LogP contribution in [0.25, 0.3) is 11.0 Å². The van der Waals surface area contributed by atoms with Crippen LogP contribution in [0.3, 0.4) is 0 Å². The first-order chi connectivity index (χ1) is 9.16. The number of hydrogen-bond acceptors (Lipinski definition) is 4. The van der Waals surface area contributed by atoms with E-state index in [0.717, 1.165) is 6.07 Å². The van der Waals surface area contributed by atoms with Crippen molar-refractivity contribution in [3.05, 3.63) is 17.7 Å². The second kappa shape index (κ2) is 3.85. The van der Waals surface area contributed by atoms with Gasteiger partial charge in [0.15, 0.2) is 0 Å². The average molecular weight is 287 g/mol. The number of alkyl halides is 3. The normalized spacial score (nSPS) is 26.8. The van der Waals surface area contributed by atoms with E-state index >= 15 is 0 Å². The molecule has 3 rings (SSSR count). The average Bonchev–Trinajstić information content (AvgIpc) is 2.66. The van der Waals surface area contributed by atoms with Gasteiger partial charge in [-0.3, -0.25) is 0 Å². The van der Waals surface area contributed by atoms with Crippen molar-refractivity contribution in [2.24, 2.45) is 0 Å². The van der Waals surface area contributed by atoms with Gasteiger partial charge in [-0.25, -0.2) is 0 Å². The molecule has 2 aromatic rings. The zero-order valence-corrected chi connectivity index (χ0v) is 10.5. The van der Waals surface area contributed by atoms with Crippen molar-refractivity contribution in [3.8, 4) is 5.75 Å². The maximum atomic E-state index is 12.9. The molecule has 0 saturated heterocycles. The second-order valence-corrected chi connectivity index (χ2v) is 5.44. The largest absolute Gasteiger partial charge is 0.508 e. The lowest BCUT2D eigenvalue weighted by molar-refractivity contribution is -0.136. The molecule has 108 valence electrons. The quantitative estimate of drug-likeness (QED) is 0.844. The highest BCUT2D eigenvalue weighted by atomic mass is 19.4. The fraction of sp³-hybridized carbons (Fsp3) is 0.500. The highest BCUT2D eigenvalue weighted by Crippen LogP contribution is 2.41. The summed E-state index contributed by atoms with van der Waals surface area (Å²) < 4.78 is 38.7. The van der Waals surface area contributed by atoms with E-state index in [4.69, 9.17) is 0 Å². The number of benzene rings is 1. The van der Waals surface area contributed by atoms with Crippen LogP contribution in [0.1, 0.15) is 31.4 Å². The van der Waals surface area contributed by atoms with Crippen molar-refractivity contribution in [2.45, 2.75) is 37.6 Å². The molecule has 0 unspecified atom stereocenters. The standard InChI is InChI=1S/C12H12F3N3O2/c1-11(20)4-6(5-11)18-16-9-3-7(19)2-8(10(9)17-18)12(13,14)15/h2-3,6,19-20H,4-5H2,1H3. The Balaban J connectivity index is 2.07. The van der Waals surface area contributed by atoms with E-state index in [-0.39, 0.29) is 17.1 Å². The summed E-state index contributed by atoms with van der Waals surface area (Å²) >= 11 is 0. The minimum atomic E-state index is -4.61. The lowest BCUT2D eigenvalue weighted by Crippen LogP contribution is -2.42. The number of fused-ring (bicyclic) bond motifs is 1. The molecule has 1 saturated carbocycles. The van der Waals surface area contributed by atoms with Crippen molar-refractivity contribution in [1.82, 2.24) is 15.0 Å². The number of rotatable bonds is 1. The third-order valence-electron chi connectivity index (χ3n) is 3.47. The molecule has 8 heteroatoms. The molecule has 20 heavy (non-hydrogen) atoms. The summed E-state index contributed by atoms with van der Waals surface area (Å²) in [5.74, 6) is -0.502. The Kier molecular flexibility index (Phi) is 2.53. The van der Waals surface area contributed by atoms with Crippen molar-refractivity contribution < 1.29 is 23.4 Å². The van der Waals surface area contributed by atoms with E-state index in [0.29, 0.717) is 18.9 Å². The van der Waals surface area contributed by atoms with Crippen LogP contribution >= 0.6 is 0 Å². The maximum absolute atomic E-state index is 12.9. The molecule has 0 aliphatic heterocycles. The number of phenolic OH excluding ortho intramolecular Hbond substituents is 1. The molecule has 0 amide bonds. The fourth-order valence-electron chi connectivity index (χ4n) is 2.52. The topological polar surface area (TPSA) is 71.2 Å². The first-order valence-corrected chi connectivity index (χ1v) is 6.05. The molecular formula is C12H12F3N3O2. The minimum absolute atomic E-state index is 0.0103. The van der Waals surface area contributed by atoms with Crippen LogP contribution in [0.15, 0.2) is 12.1 Å². The lowest BCUT2D eigenvalue weighted by Gasteiger charge is -2.39. The Morgan fingerprint density at radius 2 is 1.95 bits per heavy atom. The molecule has 1 heterocycles. The number of aromatic nitrogens is 3. The van der Waals surface area contributed by atoms with Gasteiger partial charge in [0.1, 0.15) is 16.8 Å². The van der Waals surface area contributed by atoms with E-state index in [1.165, 1.54) is 4.80 Å². The molecule has 1 aliphatic carbocycles. The van der Waals surface area contributed by atoms with Crippen LogP contribution in [0.5, 0.6) is 5.75 Å². The zero-order valence-electron chi connectivity index (χ0n) is 10.5. The molecule has 0 atom stereocenters. The molecule has 2 N–H and O–H groups in total. The Bertz CT molecular complexity index is 670. The van der Waals surface area contributed by atoms with Gasteiger partial charge in [0.2, 0.25) is 0 Å². The summed E-state index contributed by atoms with van der Waals surface area (Å²) in [4.78, 5) is 1.19. The van der Waals surface area contributed by atoms with Crippen molar-refractivity contribution >= 4 is 11.0 Å².